The molecule has 2 bridgehead atoms. The smallest absolute Gasteiger partial charge is 0.248 e. The summed E-state index contributed by atoms with van der Waals surface area (Å²) >= 11 is 0. The van der Waals surface area contributed by atoms with E-state index in [0.717, 1.165) is 43.5 Å². The molecule has 5 nitrogen and oxygen atoms in total. The van der Waals surface area contributed by atoms with Crippen LogP contribution in [0.1, 0.15) is 44.4 Å². The molecular formula is C20H25N3O2. The Labute approximate surface area is 147 Å². The van der Waals surface area contributed by atoms with Crippen LogP contribution < -0.4 is 16.2 Å². The van der Waals surface area contributed by atoms with Gasteiger partial charge in [0.25, 0.3) is 0 Å². The van der Waals surface area contributed by atoms with Crippen molar-refractivity contribution in [2.75, 3.05) is 6.54 Å². The van der Waals surface area contributed by atoms with Gasteiger partial charge in [0.15, 0.2) is 0 Å². The summed E-state index contributed by atoms with van der Waals surface area (Å²) < 4.78 is 0. The van der Waals surface area contributed by atoms with Gasteiger partial charge < -0.3 is 15.6 Å². The molecule has 25 heavy (non-hydrogen) atoms. The first-order valence-electron chi connectivity index (χ1n) is 9.15. The van der Waals surface area contributed by atoms with Crippen LogP contribution in [0.25, 0.3) is 0 Å². The SMILES string of the molecule is C/C=C1\C2C=C(C)CC1(NC(=O)C1CCCN1)c1ccc(=O)[nH]c1C2. The highest BCUT2D eigenvalue weighted by molar-refractivity contribution is 5.84. The zero-order chi connectivity index (χ0) is 17.6. The van der Waals surface area contributed by atoms with Gasteiger partial charge in [-0.3, -0.25) is 9.59 Å². The number of allylic oxidation sites excluding steroid dienone is 2. The Hall–Kier alpha value is -2.14. The number of amides is 1. The predicted molar refractivity (Wildman–Crippen MR) is 97.2 cm³/mol. The van der Waals surface area contributed by atoms with Crippen LogP contribution in [-0.2, 0) is 16.8 Å². The molecule has 3 aliphatic rings. The number of nitrogens with one attached hydrogen (secondary N) is 3. The number of hydrogen-bond acceptors (Lipinski definition) is 3. The van der Waals surface area contributed by atoms with E-state index in [9.17, 15) is 9.59 Å². The van der Waals surface area contributed by atoms with Crippen LogP contribution in [0.3, 0.4) is 0 Å². The first-order valence-corrected chi connectivity index (χ1v) is 9.15. The van der Waals surface area contributed by atoms with E-state index in [4.69, 9.17) is 0 Å². The van der Waals surface area contributed by atoms with Crippen molar-refractivity contribution in [2.45, 2.75) is 51.1 Å². The number of fused-ring (bicyclic) bond motifs is 4. The Kier molecular flexibility index (Phi) is 3.91. The summed E-state index contributed by atoms with van der Waals surface area (Å²) in [5.41, 5.74) is 3.88. The zero-order valence-electron chi connectivity index (χ0n) is 14.8. The molecule has 132 valence electrons. The lowest BCUT2D eigenvalue weighted by Gasteiger charge is -2.48. The second-order valence-corrected chi connectivity index (χ2v) is 7.50. The third-order valence-corrected chi connectivity index (χ3v) is 5.83. The lowest BCUT2D eigenvalue weighted by atomic mass is 9.63. The first kappa shape index (κ1) is 16.3. The van der Waals surface area contributed by atoms with E-state index in [1.807, 2.05) is 13.0 Å². The van der Waals surface area contributed by atoms with Crippen molar-refractivity contribution in [1.82, 2.24) is 15.6 Å². The van der Waals surface area contributed by atoms with Gasteiger partial charge in [-0.1, -0.05) is 17.7 Å². The summed E-state index contributed by atoms with van der Waals surface area (Å²) in [6.45, 7) is 5.07. The van der Waals surface area contributed by atoms with Gasteiger partial charge in [0, 0.05) is 23.2 Å². The molecule has 0 spiro atoms. The highest BCUT2D eigenvalue weighted by Gasteiger charge is 2.48. The number of pyridine rings is 1. The molecule has 1 aromatic rings. The topological polar surface area (TPSA) is 74.0 Å². The molecule has 3 atom stereocenters. The number of aromatic amines is 1. The van der Waals surface area contributed by atoms with Crippen molar-refractivity contribution in [3.8, 4) is 0 Å². The van der Waals surface area contributed by atoms with E-state index in [2.05, 4.69) is 34.7 Å². The van der Waals surface area contributed by atoms with Gasteiger partial charge in [0.2, 0.25) is 11.5 Å². The number of carbonyl (C=O) groups is 1. The summed E-state index contributed by atoms with van der Waals surface area (Å²) in [7, 11) is 0. The monoisotopic (exact) mass is 339 g/mol. The van der Waals surface area contributed by atoms with Crippen LogP contribution in [0, 0.1) is 5.92 Å². The average molecular weight is 339 g/mol. The first-order chi connectivity index (χ1) is 12.0. The maximum absolute atomic E-state index is 13.0. The van der Waals surface area contributed by atoms with Gasteiger partial charge >= 0.3 is 0 Å². The Bertz CT molecular complexity index is 830. The maximum atomic E-state index is 13.0. The molecule has 2 aliphatic carbocycles. The third kappa shape index (κ3) is 2.58. The fraction of sp³-hybridized carbons (Fsp3) is 0.500. The molecule has 3 unspecified atom stereocenters. The summed E-state index contributed by atoms with van der Waals surface area (Å²) in [5, 5.41) is 6.67. The Morgan fingerprint density at radius 1 is 1.40 bits per heavy atom. The molecule has 4 rings (SSSR count). The molecule has 2 heterocycles. The zero-order valence-corrected chi connectivity index (χ0v) is 14.8. The van der Waals surface area contributed by atoms with Crippen LogP contribution in [-0.4, -0.2) is 23.5 Å². The predicted octanol–water partition coefficient (Wildman–Crippen LogP) is 1.91. The fourth-order valence-electron chi connectivity index (χ4n) is 4.90. The molecule has 1 saturated heterocycles. The Morgan fingerprint density at radius 2 is 2.24 bits per heavy atom. The second kappa shape index (κ2) is 5.99. The summed E-state index contributed by atoms with van der Waals surface area (Å²) in [4.78, 5) is 27.8. The Morgan fingerprint density at radius 3 is 2.96 bits per heavy atom. The van der Waals surface area contributed by atoms with Crippen LogP contribution >= 0.6 is 0 Å². The molecule has 0 aromatic carbocycles. The van der Waals surface area contributed by atoms with Gasteiger partial charge in [-0.05, 0) is 57.7 Å². The number of hydrogen-bond donors (Lipinski definition) is 3. The molecule has 0 saturated carbocycles. The van der Waals surface area contributed by atoms with Gasteiger partial charge in [-0.25, -0.2) is 0 Å². The fourth-order valence-corrected chi connectivity index (χ4v) is 4.90. The molecule has 1 aromatic heterocycles. The normalized spacial score (nSPS) is 32.2. The van der Waals surface area contributed by atoms with E-state index in [0.29, 0.717) is 0 Å². The minimum Gasteiger partial charge on any atom is -0.341 e. The molecule has 1 amide bonds. The molecule has 5 heteroatoms. The van der Waals surface area contributed by atoms with Crippen molar-refractivity contribution in [1.29, 1.82) is 0 Å². The highest BCUT2D eigenvalue weighted by atomic mass is 16.2. The lowest BCUT2D eigenvalue weighted by Crippen LogP contribution is -2.57. The molecule has 1 fully saturated rings. The van der Waals surface area contributed by atoms with Crippen LogP contribution in [0.15, 0.2) is 40.2 Å². The van der Waals surface area contributed by atoms with E-state index in [-0.39, 0.29) is 23.4 Å². The van der Waals surface area contributed by atoms with Gasteiger partial charge in [0.05, 0.1) is 11.6 Å². The molecule has 1 aliphatic heterocycles. The van der Waals surface area contributed by atoms with Gasteiger partial charge in [-0.2, -0.15) is 0 Å². The van der Waals surface area contributed by atoms with Crippen molar-refractivity contribution < 1.29 is 4.79 Å². The minimum atomic E-state index is -0.544. The number of rotatable bonds is 2. The van der Waals surface area contributed by atoms with Crippen molar-refractivity contribution in [2.24, 2.45) is 5.92 Å². The third-order valence-electron chi connectivity index (χ3n) is 5.83. The van der Waals surface area contributed by atoms with Crippen molar-refractivity contribution in [3.05, 3.63) is 57.0 Å². The quantitative estimate of drug-likeness (QED) is 0.721. The summed E-state index contributed by atoms with van der Waals surface area (Å²) in [5.74, 6) is 0.283. The number of H-pyrrole nitrogens is 1. The minimum absolute atomic E-state index is 0.0596. The Balaban J connectivity index is 1.84. The number of carbonyl (C=O) groups excluding carboxylic acids is 1. The van der Waals surface area contributed by atoms with Crippen LogP contribution in [0.4, 0.5) is 0 Å². The molecule has 0 radical (unpaired) electrons. The van der Waals surface area contributed by atoms with Gasteiger partial charge in [-0.15, -0.1) is 0 Å². The van der Waals surface area contributed by atoms with Crippen molar-refractivity contribution >= 4 is 5.91 Å². The number of aromatic nitrogens is 1. The highest BCUT2D eigenvalue weighted by Crippen LogP contribution is 2.49. The molecule has 3 N–H and O–H groups in total. The summed E-state index contributed by atoms with van der Waals surface area (Å²) in [6.07, 6.45) is 7.87. The van der Waals surface area contributed by atoms with E-state index < -0.39 is 5.54 Å². The van der Waals surface area contributed by atoms with Crippen LogP contribution in [0.5, 0.6) is 0 Å². The second-order valence-electron chi connectivity index (χ2n) is 7.50. The van der Waals surface area contributed by atoms with E-state index in [1.165, 1.54) is 11.1 Å². The standard InChI is InChI=1S/C20H25N3O2/c1-3-14-13-9-12(2)11-20(14,23-19(25)16-5-4-8-21-16)15-6-7-18(24)22-17(15)10-13/h3,6-7,9,13,16,21H,4-5,8,10-11H2,1-2H3,(H,22,24)(H,23,25)/b14-3+. The van der Waals surface area contributed by atoms with Crippen molar-refractivity contribution in [3.63, 3.8) is 0 Å². The largest absolute Gasteiger partial charge is 0.341 e. The lowest BCUT2D eigenvalue weighted by molar-refractivity contribution is -0.124. The molecular weight excluding hydrogens is 314 g/mol. The summed E-state index contributed by atoms with van der Waals surface area (Å²) in [6, 6.07) is 3.35. The van der Waals surface area contributed by atoms with Gasteiger partial charge in [0.1, 0.15) is 0 Å². The van der Waals surface area contributed by atoms with Crippen LogP contribution in [0.2, 0.25) is 0 Å². The van der Waals surface area contributed by atoms with E-state index in [1.54, 1.807) is 6.07 Å². The maximum Gasteiger partial charge on any atom is 0.248 e. The van der Waals surface area contributed by atoms with E-state index >= 15 is 0 Å². The average Bonchev–Trinajstić information content (AvgIpc) is 3.08.